The standard InChI is InChI=1S/C18H16N2O2/c1-2-15(21)16(17(22)12-8-4-3-5-9-12)18-19-13-10-6-7-11-14(13)20-18/h3-11,22H,2H2,1H3,(H,19,20)/b17-16+. The molecule has 0 saturated carbocycles. The van der Waals surface area contributed by atoms with Gasteiger partial charge in [-0.1, -0.05) is 49.4 Å². The summed E-state index contributed by atoms with van der Waals surface area (Å²) in [7, 11) is 0. The summed E-state index contributed by atoms with van der Waals surface area (Å²) in [5.41, 5.74) is 2.42. The van der Waals surface area contributed by atoms with Crippen molar-refractivity contribution < 1.29 is 9.90 Å². The second-order valence-electron chi connectivity index (χ2n) is 4.97. The van der Waals surface area contributed by atoms with Crippen LogP contribution < -0.4 is 0 Å². The van der Waals surface area contributed by atoms with Crippen molar-refractivity contribution in [1.82, 2.24) is 9.97 Å². The highest BCUT2D eigenvalue weighted by molar-refractivity contribution is 6.26. The maximum atomic E-state index is 12.3. The van der Waals surface area contributed by atoms with E-state index in [0.29, 0.717) is 17.8 Å². The van der Waals surface area contributed by atoms with Gasteiger partial charge in [0.15, 0.2) is 5.78 Å². The molecule has 0 bridgehead atoms. The van der Waals surface area contributed by atoms with Crippen molar-refractivity contribution >= 4 is 28.1 Å². The number of aromatic nitrogens is 2. The molecule has 0 saturated heterocycles. The molecular weight excluding hydrogens is 276 g/mol. The van der Waals surface area contributed by atoms with Gasteiger partial charge in [-0.25, -0.2) is 4.98 Å². The van der Waals surface area contributed by atoms with Gasteiger partial charge in [0.05, 0.1) is 11.0 Å². The SMILES string of the molecule is CCC(=O)/C(=C(\O)c1ccccc1)c1nc2ccccc2[nH]1. The van der Waals surface area contributed by atoms with Crippen molar-refractivity contribution in [1.29, 1.82) is 0 Å². The second-order valence-corrected chi connectivity index (χ2v) is 4.97. The van der Waals surface area contributed by atoms with E-state index in [9.17, 15) is 9.90 Å². The van der Waals surface area contributed by atoms with E-state index in [-0.39, 0.29) is 17.1 Å². The molecule has 1 heterocycles. The monoisotopic (exact) mass is 292 g/mol. The minimum absolute atomic E-state index is 0.0495. The topological polar surface area (TPSA) is 66.0 Å². The highest BCUT2D eigenvalue weighted by Crippen LogP contribution is 2.26. The van der Waals surface area contributed by atoms with Gasteiger partial charge in [-0.3, -0.25) is 4.79 Å². The molecule has 1 aromatic heterocycles. The van der Waals surface area contributed by atoms with Gasteiger partial charge in [-0.15, -0.1) is 0 Å². The molecule has 0 fully saturated rings. The summed E-state index contributed by atoms with van der Waals surface area (Å²) < 4.78 is 0. The number of carbonyl (C=O) groups excluding carboxylic acids is 1. The van der Waals surface area contributed by atoms with Gasteiger partial charge in [0.2, 0.25) is 0 Å². The molecule has 0 aliphatic rings. The zero-order chi connectivity index (χ0) is 15.5. The van der Waals surface area contributed by atoms with Crippen LogP contribution in [0, 0.1) is 0 Å². The first-order chi connectivity index (χ1) is 10.7. The van der Waals surface area contributed by atoms with Gasteiger partial charge in [-0.2, -0.15) is 0 Å². The van der Waals surface area contributed by atoms with Gasteiger partial charge in [0.25, 0.3) is 0 Å². The fraction of sp³-hybridized carbons (Fsp3) is 0.111. The average molecular weight is 292 g/mol. The van der Waals surface area contributed by atoms with E-state index >= 15 is 0 Å². The summed E-state index contributed by atoms with van der Waals surface area (Å²) in [6.07, 6.45) is 0.295. The Balaban J connectivity index is 2.20. The Morgan fingerprint density at radius 1 is 1.09 bits per heavy atom. The third kappa shape index (κ3) is 2.51. The van der Waals surface area contributed by atoms with Crippen LogP contribution in [-0.2, 0) is 4.79 Å². The van der Waals surface area contributed by atoms with Crippen LogP contribution in [0.1, 0.15) is 24.7 Å². The minimum atomic E-state index is -0.152. The maximum Gasteiger partial charge on any atom is 0.170 e. The summed E-state index contributed by atoms with van der Waals surface area (Å²) in [6.45, 7) is 1.77. The van der Waals surface area contributed by atoms with Crippen LogP contribution in [0.25, 0.3) is 22.4 Å². The second kappa shape index (κ2) is 5.85. The molecule has 22 heavy (non-hydrogen) atoms. The number of hydrogen-bond acceptors (Lipinski definition) is 3. The van der Waals surface area contributed by atoms with Crippen LogP contribution in [-0.4, -0.2) is 20.9 Å². The number of aromatic amines is 1. The third-order valence-electron chi connectivity index (χ3n) is 3.51. The lowest BCUT2D eigenvalue weighted by molar-refractivity contribution is -0.113. The number of Topliss-reactive ketones (excluding diaryl/α,β-unsaturated/α-hetero) is 1. The molecule has 0 aliphatic heterocycles. The highest BCUT2D eigenvalue weighted by Gasteiger charge is 2.20. The number of aliphatic hydroxyl groups excluding tert-OH is 1. The van der Waals surface area contributed by atoms with Crippen LogP contribution >= 0.6 is 0 Å². The molecule has 0 atom stereocenters. The minimum Gasteiger partial charge on any atom is -0.506 e. The summed E-state index contributed by atoms with van der Waals surface area (Å²) in [5.74, 6) is 0.196. The smallest absolute Gasteiger partial charge is 0.170 e. The lowest BCUT2D eigenvalue weighted by Crippen LogP contribution is -2.05. The van der Waals surface area contributed by atoms with Crippen molar-refractivity contribution in [2.75, 3.05) is 0 Å². The molecule has 4 heteroatoms. The summed E-state index contributed by atoms with van der Waals surface area (Å²) in [6, 6.07) is 16.6. The predicted molar refractivity (Wildman–Crippen MR) is 87.3 cm³/mol. The summed E-state index contributed by atoms with van der Waals surface area (Å²) in [5, 5.41) is 10.6. The first kappa shape index (κ1) is 14.1. The molecule has 4 nitrogen and oxygen atoms in total. The van der Waals surface area contributed by atoms with Crippen LogP contribution in [0.5, 0.6) is 0 Å². The van der Waals surface area contributed by atoms with Crippen molar-refractivity contribution in [2.45, 2.75) is 13.3 Å². The number of allylic oxidation sites excluding steroid dienone is 1. The number of nitrogens with zero attached hydrogens (tertiary/aromatic N) is 1. The van der Waals surface area contributed by atoms with Crippen LogP contribution in [0.2, 0.25) is 0 Å². The zero-order valence-electron chi connectivity index (χ0n) is 12.2. The number of hydrogen-bond donors (Lipinski definition) is 2. The fourth-order valence-electron chi connectivity index (χ4n) is 2.36. The molecule has 2 N–H and O–H groups in total. The van der Waals surface area contributed by atoms with Gasteiger partial charge < -0.3 is 10.1 Å². The maximum absolute atomic E-state index is 12.3. The Kier molecular flexibility index (Phi) is 3.74. The quantitative estimate of drug-likeness (QED) is 0.565. The number of carbonyl (C=O) groups is 1. The number of rotatable bonds is 4. The van der Waals surface area contributed by atoms with Crippen molar-refractivity contribution in [3.8, 4) is 0 Å². The van der Waals surface area contributed by atoms with E-state index < -0.39 is 0 Å². The number of para-hydroxylation sites is 2. The number of ketones is 1. The molecule has 0 aliphatic carbocycles. The van der Waals surface area contributed by atoms with Crippen LogP contribution in [0.15, 0.2) is 54.6 Å². The Morgan fingerprint density at radius 2 is 1.77 bits per heavy atom. The largest absolute Gasteiger partial charge is 0.506 e. The van der Waals surface area contributed by atoms with Gasteiger partial charge in [0.1, 0.15) is 17.2 Å². The Bertz CT molecular complexity index is 815. The molecule has 110 valence electrons. The van der Waals surface area contributed by atoms with Gasteiger partial charge in [0, 0.05) is 12.0 Å². The molecule has 0 amide bonds. The average Bonchev–Trinajstić information content (AvgIpc) is 2.99. The number of fused-ring (bicyclic) bond motifs is 1. The molecule has 2 aromatic carbocycles. The number of imidazole rings is 1. The highest BCUT2D eigenvalue weighted by atomic mass is 16.3. The molecular formula is C18H16N2O2. The van der Waals surface area contributed by atoms with Gasteiger partial charge >= 0.3 is 0 Å². The van der Waals surface area contributed by atoms with E-state index in [1.807, 2.05) is 42.5 Å². The van der Waals surface area contributed by atoms with Gasteiger partial charge in [-0.05, 0) is 12.1 Å². The first-order valence-corrected chi connectivity index (χ1v) is 7.17. The molecule has 0 radical (unpaired) electrons. The molecule has 3 rings (SSSR count). The predicted octanol–water partition coefficient (Wildman–Crippen LogP) is 3.97. The lowest BCUT2D eigenvalue weighted by Gasteiger charge is -2.07. The van der Waals surface area contributed by atoms with E-state index in [0.717, 1.165) is 11.0 Å². The van der Waals surface area contributed by atoms with Crippen molar-refractivity contribution in [3.05, 3.63) is 66.0 Å². The first-order valence-electron chi connectivity index (χ1n) is 7.17. The van der Waals surface area contributed by atoms with E-state index in [1.54, 1.807) is 19.1 Å². The van der Waals surface area contributed by atoms with Crippen LogP contribution in [0.4, 0.5) is 0 Å². The lowest BCUT2D eigenvalue weighted by atomic mass is 10.0. The number of benzene rings is 2. The van der Waals surface area contributed by atoms with Crippen molar-refractivity contribution in [3.63, 3.8) is 0 Å². The molecule has 0 spiro atoms. The number of nitrogens with one attached hydrogen (secondary N) is 1. The molecule has 0 unspecified atom stereocenters. The number of H-pyrrole nitrogens is 1. The van der Waals surface area contributed by atoms with Crippen LogP contribution in [0.3, 0.4) is 0 Å². The Morgan fingerprint density at radius 3 is 2.45 bits per heavy atom. The third-order valence-corrected chi connectivity index (χ3v) is 3.51. The van der Waals surface area contributed by atoms with Crippen molar-refractivity contribution in [2.24, 2.45) is 0 Å². The van der Waals surface area contributed by atoms with E-state index in [2.05, 4.69) is 9.97 Å². The Labute approximate surface area is 128 Å². The summed E-state index contributed by atoms with van der Waals surface area (Å²) in [4.78, 5) is 19.9. The fourth-order valence-corrected chi connectivity index (χ4v) is 2.36. The normalized spacial score (nSPS) is 12.2. The summed E-state index contributed by atoms with van der Waals surface area (Å²) >= 11 is 0. The van der Waals surface area contributed by atoms with E-state index in [1.165, 1.54) is 0 Å². The Hall–Kier alpha value is -2.88. The number of aliphatic hydroxyl groups is 1. The van der Waals surface area contributed by atoms with E-state index in [4.69, 9.17) is 0 Å². The molecule has 3 aromatic rings. The zero-order valence-corrected chi connectivity index (χ0v) is 12.2.